The molecule has 2 N–H and O–H groups in total. The molecule has 0 aliphatic heterocycles. The Kier molecular flexibility index (Phi) is 10.9. The molecule has 2 amide bonds. The van der Waals surface area contributed by atoms with Crippen LogP contribution in [0.25, 0.3) is 12.2 Å². The summed E-state index contributed by atoms with van der Waals surface area (Å²) in [4.78, 5) is 39.2. The molecule has 0 unspecified atom stereocenters. The lowest BCUT2D eigenvalue weighted by molar-refractivity contribution is -0.113. The number of ketones is 1. The lowest BCUT2D eigenvalue weighted by Gasteiger charge is -2.12. The largest absolute Gasteiger partial charge is 0.489 e. The molecule has 0 atom stereocenters. The quantitative estimate of drug-likeness (QED) is 0.108. The van der Waals surface area contributed by atoms with Gasteiger partial charge in [0.15, 0.2) is 5.78 Å². The second kappa shape index (κ2) is 15.8. The van der Waals surface area contributed by atoms with Crippen LogP contribution in [0.4, 0.5) is 5.69 Å². The molecule has 234 valence electrons. The number of rotatable bonds is 12. The van der Waals surface area contributed by atoms with E-state index in [2.05, 4.69) is 24.5 Å². The van der Waals surface area contributed by atoms with Crippen LogP contribution < -0.4 is 15.4 Å². The fourth-order valence-electron chi connectivity index (χ4n) is 4.69. The summed E-state index contributed by atoms with van der Waals surface area (Å²) in [6.07, 6.45) is 4.90. The summed E-state index contributed by atoms with van der Waals surface area (Å²) in [5.74, 6) is 0.0608. The molecule has 0 aliphatic rings. The van der Waals surface area contributed by atoms with Crippen molar-refractivity contribution in [3.05, 3.63) is 179 Å². The van der Waals surface area contributed by atoms with E-state index in [1.54, 1.807) is 60.7 Å². The van der Waals surface area contributed by atoms with Crippen LogP contribution in [0.15, 0.2) is 145 Å². The van der Waals surface area contributed by atoms with Crippen LogP contribution in [0.1, 0.15) is 62.7 Å². The lowest BCUT2D eigenvalue weighted by Crippen LogP contribution is -2.30. The molecule has 6 heteroatoms. The van der Waals surface area contributed by atoms with Crippen molar-refractivity contribution in [1.82, 2.24) is 5.32 Å². The van der Waals surface area contributed by atoms with Gasteiger partial charge in [-0.15, -0.1) is 0 Å². The standard InChI is InChI=1S/C41H36N2O4/c1-29(2)33-18-13-31(14-19-33)27-38(43-40(45)35-11-7-4-8-12-35)41(46)42-36-22-20-34(21-23-36)39(44)26-17-30-15-24-37(25-16-30)47-28-32-9-5-3-6-10-32/h3-27,29H,28H2,1-2H3,(H,42,46)(H,43,45)/b26-17+,38-27-. The van der Waals surface area contributed by atoms with E-state index in [1.807, 2.05) is 84.9 Å². The number of hydrogen-bond acceptors (Lipinski definition) is 4. The van der Waals surface area contributed by atoms with E-state index in [-0.39, 0.29) is 11.5 Å². The van der Waals surface area contributed by atoms with Gasteiger partial charge >= 0.3 is 0 Å². The molecule has 5 aromatic carbocycles. The smallest absolute Gasteiger partial charge is 0.272 e. The monoisotopic (exact) mass is 620 g/mol. The Balaban J connectivity index is 1.22. The number of anilines is 1. The molecule has 5 rings (SSSR count). The molecular formula is C41H36N2O4. The van der Waals surface area contributed by atoms with Crippen LogP contribution in [0, 0.1) is 0 Å². The Labute approximate surface area is 275 Å². The summed E-state index contributed by atoms with van der Waals surface area (Å²) in [7, 11) is 0. The average Bonchev–Trinajstić information content (AvgIpc) is 3.11. The van der Waals surface area contributed by atoms with Crippen molar-refractivity contribution in [2.45, 2.75) is 26.4 Å². The average molecular weight is 621 g/mol. The van der Waals surface area contributed by atoms with Gasteiger partial charge in [0.25, 0.3) is 11.8 Å². The summed E-state index contributed by atoms with van der Waals surface area (Å²) in [6, 6.07) is 40.7. The first-order valence-corrected chi connectivity index (χ1v) is 15.4. The van der Waals surface area contributed by atoms with Crippen molar-refractivity contribution in [3.63, 3.8) is 0 Å². The minimum atomic E-state index is -0.489. The summed E-state index contributed by atoms with van der Waals surface area (Å²) < 4.78 is 5.83. The van der Waals surface area contributed by atoms with Gasteiger partial charge in [-0.1, -0.05) is 105 Å². The second-order valence-electron chi connectivity index (χ2n) is 11.3. The van der Waals surface area contributed by atoms with Crippen LogP contribution in [-0.4, -0.2) is 17.6 Å². The summed E-state index contributed by atoms with van der Waals surface area (Å²) >= 11 is 0. The fourth-order valence-corrected chi connectivity index (χ4v) is 4.69. The van der Waals surface area contributed by atoms with Gasteiger partial charge in [0.1, 0.15) is 18.1 Å². The topological polar surface area (TPSA) is 84.5 Å². The van der Waals surface area contributed by atoms with Crippen molar-refractivity contribution < 1.29 is 19.1 Å². The van der Waals surface area contributed by atoms with Gasteiger partial charge in [-0.3, -0.25) is 14.4 Å². The Morgan fingerprint density at radius 2 is 1.30 bits per heavy atom. The number of ether oxygens (including phenoxy) is 1. The minimum absolute atomic E-state index is 0.0933. The zero-order valence-corrected chi connectivity index (χ0v) is 26.4. The first kappa shape index (κ1) is 32.4. The third kappa shape index (κ3) is 9.49. The predicted molar refractivity (Wildman–Crippen MR) is 188 cm³/mol. The van der Waals surface area contributed by atoms with E-state index in [0.717, 1.165) is 22.4 Å². The van der Waals surface area contributed by atoms with Crippen LogP contribution in [-0.2, 0) is 11.4 Å². The normalized spacial score (nSPS) is 11.3. The molecule has 47 heavy (non-hydrogen) atoms. The van der Waals surface area contributed by atoms with E-state index in [4.69, 9.17) is 4.74 Å². The predicted octanol–water partition coefficient (Wildman–Crippen LogP) is 8.69. The maximum Gasteiger partial charge on any atom is 0.272 e. The number of carbonyl (C=O) groups is 3. The molecule has 0 saturated heterocycles. The Bertz CT molecular complexity index is 1860. The highest BCUT2D eigenvalue weighted by molar-refractivity contribution is 6.11. The molecular weight excluding hydrogens is 584 g/mol. The minimum Gasteiger partial charge on any atom is -0.489 e. The third-order valence-electron chi connectivity index (χ3n) is 7.43. The van der Waals surface area contributed by atoms with E-state index in [0.29, 0.717) is 29.3 Å². The number of benzene rings is 5. The SMILES string of the molecule is CC(C)c1ccc(/C=C(\NC(=O)c2ccccc2)C(=O)Nc2ccc(C(=O)/C=C/c3ccc(OCc4ccccc4)cc3)cc2)cc1. The van der Waals surface area contributed by atoms with Gasteiger partial charge < -0.3 is 15.4 Å². The van der Waals surface area contributed by atoms with E-state index in [1.165, 1.54) is 11.6 Å². The molecule has 0 saturated carbocycles. The van der Waals surface area contributed by atoms with Crippen LogP contribution >= 0.6 is 0 Å². The fraction of sp³-hybridized carbons (Fsp3) is 0.0976. The summed E-state index contributed by atoms with van der Waals surface area (Å²) in [6.45, 7) is 4.71. The molecule has 0 aromatic heterocycles. The molecule has 0 heterocycles. The van der Waals surface area contributed by atoms with Gasteiger partial charge in [-0.2, -0.15) is 0 Å². The summed E-state index contributed by atoms with van der Waals surface area (Å²) in [5, 5.41) is 5.59. The first-order valence-electron chi connectivity index (χ1n) is 15.4. The van der Waals surface area contributed by atoms with Crippen LogP contribution in [0.3, 0.4) is 0 Å². The molecule has 0 radical (unpaired) electrons. The molecule has 0 aliphatic carbocycles. The van der Waals surface area contributed by atoms with Gasteiger partial charge in [-0.25, -0.2) is 0 Å². The van der Waals surface area contributed by atoms with Gasteiger partial charge in [-0.05, 0) is 88.9 Å². The van der Waals surface area contributed by atoms with Crippen LogP contribution in [0.2, 0.25) is 0 Å². The highest BCUT2D eigenvalue weighted by Gasteiger charge is 2.15. The zero-order valence-electron chi connectivity index (χ0n) is 26.4. The number of allylic oxidation sites excluding steroid dienone is 1. The van der Waals surface area contributed by atoms with Gasteiger partial charge in [0, 0.05) is 16.8 Å². The first-order chi connectivity index (χ1) is 22.8. The van der Waals surface area contributed by atoms with Crippen molar-refractivity contribution >= 4 is 35.4 Å². The van der Waals surface area contributed by atoms with Crippen LogP contribution in [0.5, 0.6) is 5.75 Å². The van der Waals surface area contributed by atoms with Crippen molar-refractivity contribution in [3.8, 4) is 5.75 Å². The van der Waals surface area contributed by atoms with Crippen molar-refractivity contribution in [1.29, 1.82) is 0 Å². The highest BCUT2D eigenvalue weighted by Crippen LogP contribution is 2.19. The maximum absolute atomic E-state index is 13.4. The van der Waals surface area contributed by atoms with Gasteiger partial charge in [0.05, 0.1) is 0 Å². The van der Waals surface area contributed by atoms with E-state index in [9.17, 15) is 14.4 Å². The zero-order chi connectivity index (χ0) is 33.0. The highest BCUT2D eigenvalue weighted by atomic mass is 16.5. The Hall–Kier alpha value is -6.01. The Morgan fingerprint density at radius 3 is 1.94 bits per heavy atom. The number of carbonyl (C=O) groups excluding carboxylic acids is 3. The van der Waals surface area contributed by atoms with Crippen molar-refractivity contribution in [2.24, 2.45) is 0 Å². The molecule has 0 spiro atoms. The van der Waals surface area contributed by atoms with E-state index < -0.39 is 11.8 Å². The summed E-state index contributed by atoms with van der Waals surface area (Å²) in [5.41, 5.74) is 5.39. The van der Waals surface area contributed by atoms with Gasteiger partial charge in [0.2, 0.25) is 0 Å². The number of hydrogen-bond donors (Lipinski definition) is 2. The Morgan fingerprint density at radius 1 is 0.681 bits per heavy atom. The maximum atomic E-state index is 13.4. The lowest BCUT2D eigenvalue weighted by atomic mass is 10.0. The molecule has 0 bridgehead atoms. The molecule has 5 aromatic rings. The van der Waals surface area contributed by atoms with E-state index >= 15 is 0 Å². The number of amides is 2. The second-order valence-corrected chi connectivity index (χ2v) is 11.3. The molecule has 6 nitrogen and oxygen atoms in total. The molecule has 0 fully saturated rings. The van der Waals surface area contributed by atoms with Crippen molar-refractivity contribution in [2.75, 3.05) is 5.32 Å². The number of nitrogens with one attached hydrogen (secondary N) is 2. The third-order valence-corrected chi connectivity index (χ3v) is 7.43.